The van der Waals surface area contributed by atoms with Crippen molar-refractivity contribution in [2.45, 2.75) is 39.7 Å². The Kier molecular flexibility index (Phi) is 4.74. The Balaban J connectivity index is 2.03. The van der Waals surface area contributed by atoms with E-state index in [9.17, 15) is 0 Å². The van der Waals surface area contributed by atoms with E-state index in [-0.39, 0.29) is 0 Å². The summed E-state index contributed by atoms with van der Waals surface area (Å²) in [5, 5.41) is 3.49. The van der Waals surface area contributed by atoms with Gasteiger partial charge in [-0.1, -0.05) is 20.8 Å². The molecule has 0 saturated carbocycles. The predicted octanol–water partition coefficient (Wildman–Crippen LogP) is 1.72. The minimum Gasteiger partial charge on any atom is -0.315 e. The summed E-state index contributed by atoms with van der Waals surface area (Å²) in [5.41, 5.74) is 0. The van der Waals surface area contributed by atoms with E-state index in [0.29, 0.717) is 6.04 Å². The molecule has 0 aromatic carbocycles. The topological polar surface area (TPSA) is 15.3 Å². The Morgan fingerprint density at radius 1 is 1.46 bits per heavy atom. The molecule has 1 rings (SSSR count). The second-order valence-electron chi connectivity index (χ2n) is 4.45. The quantitative estimate of drug-likeness (QED) is 0.700. The molecule has 1 unspecified atom stereocenters. The molecular weight excluding hydrogens is 160 g/mol. The zero-order valence-electron chi connectivity index (χ0n) is 9.34. The number of likely N-dealkylation sites (tertiary alicyclic amines) is 1. The molecule has 2 nitrogen and oxygen atoms in total. The van der Waals surface area contributed by atoms with Crippen LogP contribution in [-0.2, 0) is 0 Å². The van der Waals surface area contributed by atoms with Crippen LogP contribution in [0.5, 0.6) is 0 Å². The highest BCUT2D eigenvalue weighted by Gasteiger charge is 2.20. The van der Waals surface area contributed by atoms with Gasteiger partial charge in [-0.15, -0.1) is 0 Å². The van der Waals surface area contributed by atoms with Gasteiger partial charge in [-0.2, -0.15) is 0 Å². The van der Waals surface area contributed by atoms with E-state index in [4.69, 9.17) is 0 Å². The SMILES string of the molecule is CCN1CCC(CCNC(C)C)C1. The summed E-state index contributed by atoms with van der Waals surface area (Å²) in [7, 11) is 0. The molecule has 0 bridgehead atoms. The third-order valence-electron chi connectivity index (χ3n) is 2.92. The molecule has 13 heavy (non-hydrogen) atoms. The first-order valence-electron chi connectivity index (χ1n) is 5.68. The Morgan fingerprint density at radius 2 is 2.23 bits per heavy atom. The molecule has 1 heterocycles. The Labute approximate surface area is 82.7 Å². The van der Waals surface area contributed by atoms with Gasteiger partial charge in [0.05, 0.1) is 0 Å². The summed E-state index contributed by atoms with van der Waals surface area (Å²) in [6, 6.07) is 0.642. The molecule has 78 valence electrons. The van der Waals surface area contributed by atoms with Crippen LogP contribution in [-0.4, -0.2) is 37.1 Å². The van der Waals surface area contributed by atoms with Gasteiger partial charge in [-0.05, 0) is 38.4 Å². The first-order chi connectivity index (χ1) is 6.22. The van der Waals surface area contributed by atoms with Crippen LogP contribution in [0.2, 0.25) is 0 Å². The molecule has 0 radical (unpaired) electrons. The van der Waals surface area contributed by atoms with Crippen LogP contribution in [0.4, 0.5) is 0 Å². The molecule has 1 fully saturated rings. The van der Waals surface area contributed by atoms with Crippen molar-refractivity contribution in [2.75, 3.05) is 26.2 Å². The number of nitrogens with one attached hydrogen (secondary N) is 1. The fourth-order valence-electron chi connectivity index (χ4n) is 2.01. The number of hydrogen-bond donors (Lipinski definition) is 1. The number of nitrogens with zero attached hydrogens (tertiary/aromatic N) is 1. The molecule has 2 heteroatoms. The maximum atomic E-state index is 3.49. The molecule has 0 aromatic rings. The largest absolute Gasteiger partial charge is 0.315 e. The smallest absolute Gasteiger partial charge is 0.00105 e. The number of hydrogen-bond acceptors (Lipinski definition) is 2. The van der Waals surface area contributed by atoms with Crippen LogP contribution in [0.3, 0.4) is 0 Å². The van der Waals surface area contributed by atoms with Gasteiger partial charge in [-0.3, -0.25) is 0 Å². The first-order valence-corrected chi connectivity index (χ1v) is 5.68. The van der Waals surface area contributed by atoms with Crippen molar-refractivity contribution in [2.24, 2.45) is 5.92 Å². The van der Waals surface area contributed by atoms with Gasteiger partial charge in [-0.25, -0.2) is 0 Å². The lowest BCUT2D eigenvalue weighted by Gasteiger charge is -2.14. The van der Waals surface area contributed by atoms with Crippen molar-refractivity contribution >= 4 is 0 Å². The van der Waals surface area contributed by atoms with E-state index in [1.165, 1.54) is 39.0 Å². The van der Waals surface area contributed by atoms with E-state index in [2.05, 4.69) is 31.0 Å². The van der Waals surface area contributed by atoms with Gasteiger partial charge in [0.25, 0.3) is 0 Å². The van der Waals surface area contributed by atoms with E-state index in [0.717, 1.165) is 5.92 Å². The van der Waals surface area contributed by atoms with Gasteiger partial charge < -0.3 is 10.2 Å². The maximum Gasteiger partial charge on any atom is 0.00105 e. The van der Waals surface area contributed by atoms with Gasteiger partial charge in [0.2, 0.25) is 0 Å². The second-order valence-corrected chi connectivity index (χ2v) is 4.45. The monoisotopic (exact) mass is 184 g/mol. The predicted molar refractivity (Wildman–Crippen MR) is 58.0 cm³/mol. The van der Waals surface area contributed by atoms with Gasteiger partial charge in [0, 0.05) is 12.6 Å². The third kappa shape index (κ3) is 4.10. The summed E-state index contributed by atoms with van der Waals surface area (Å²) in [6.07, 6.45) is 2.77. The first kappa shape index (κ1) is 11.0. The fourth-order valence-corrected chi connectivity index (χ4v) is 2.01. The van der Waals surface area contributed by atoms with Crippen LogP contribution in [0.1, 0.15) is 33.6 Å². The average molecular weight is 184 g/mol. The lowest BCUT2D eigenvalue weighted by Crippen LogP contribution is -2.26. The van der Waals surface area contributed by atoms with Crippen molar-refractivity contribution in [3.63, 3.8) is 0 Å². The highest BCUT2D eigenvalue weighted by Crippen LogP contribution is 2.18. The van der Waals surface area contributed by atoms with E-state index in [1.54, 1.807) is 0 Å². The standard InChI is InChI=1S/C11H24N2/c1-4-13-8-6-11(9-13)5-7-12-10(2)3/h10-12H,4-9H2,1-3H3. The van der Waals surface area contributed by atoms with Gasteiger partial charge in [0.1, 0.15) is 0 Å². The Bertz CT molecular complexity index is 134. The third-order valence-corrected chi connectivity index (χ3v) is 2.92. The van der Waals surface area contributed by atoms with E-state index >= 15 is 0 Å². The average Bonchev–Trinajstić information content (AvgIpc) is 2.52. The van der Waals surface area contributed by atoms with Crippen LogP contribution in [0.15, 0.2) is 0 Å². The molecule has 0 aromatic heterocycles. The lowest BCUT2D eigenvalue weighted by molar-refractivity contribution is 0.336. The Hall–Kier alpha value is -0.0800. The molecule has 0 amide bonds. The van der Waals surface area contributed by atoms with Crippen LogP contribution >= 0.6 is 0 Å². The van der Waals surface area contributed by atoms with Crippen LogP contribution in [0.25, 0.3) is 0 Å². The summed E-state index contributed by atoms with van der Waals surface area (Å²) in [4.78, 5) is 2.56. The highest BCUT2D eigenvalue weighted by molar-refractivity contribution is 4.75. The summed E-state index contributed by atoms with van der Waals surface area (Å²) < 4.78 is 0. The fraction of sp³-hybridized carbons (Fsp3) is 1.00. The van der Waals surface area contributed by atoms with Crippen molar-refractivity contribution in [3.8, 4) is 0 Å². The lowest BCUT2D eigenvalue weighted by atomic mass is 10.1. The highest BCUT2D eigenvalue weighted by atomic mass is 15.1. The van der Waals surface area contributed by atoms with Gasteiger partial charge >= 0.3 is 0 Å². The van der Waals surface area contributed by atoms with Crippen molar-refractivity contribution in [1.29, 1.82) is 0 Å². The van der Waals surface area contributed by atoms with Crippen molar-refractivity contribution in [3.05, 3.63) is 0 Å². The summed E-state index contributed by atoms with van der Waals surface area (Å²) in [5.74, 6) is 0.950. The molecule has 1 aliphatic heterocycles. The minimum atomic E-state index is 0.642. The summed E-state index contributed by atoms with van der Waals surface area (Å²) >= 11 is 0. The van der Waals surface area contributed by atoms with Crippen LogP contribution in [0, 0.1) is 5.92 Å². The molecule has 1 aliphatic rings. The van der Waals surface area contributed by atoms with Gasteiger partial charge in [0.15, 0.2) is 0 Å². The maximum absolute atomic E-state index is 3.49. The molecule has 1 saturated heterocycles. The summed E-state index contributed by atoms with van der Waals surface area (Å²) in [6.45, 7) is 11.8. The molecule has 0 aliphatic carbocycles. The van der Waals surface area contributed by atoms with E-state index < -0.39 is 0 Å². The molecule has 0 spiro atoms. The normalized spacial score (nSPS) is 24.5. The molecular formula is C11H24N2. The zero-order valence-corrected chi connectivity index (χ0v) is 9.34. The molecule has 1 atom stereocenters. The van der Waals surface area contributed by atoms with Crippen molar-refractivity contribution in [1.82, 2.24) is 10.2 Å². The molecule has 1 N–H and O–H groups in total. The number of rotatable bonds is 5. The van der Waals surface area contributed by atoms with Crippen LogP contribution < -0.4 is 5.32 Å². The second kappa shape index (κ2) is 5.61. The minimum absolute atomic E-state index is 0.642. The Morgan fingerprint density at radius 3 is 2.77 bits per heavy atom. The van der Waals surface area contributed by atoms with E-state index in [1.807, 2.05) is 0 Å². The van der Waals surface area contributed by atoms with Crippen molar-refractivity contribution < 1.29 is 0 Å². The zero-order chi connectivity index (χ0) is 9.68.